The van der Waals surface area contributed by atoms with Crippen LogP contribution in [-0.2, 0) is 37.5 Å². The maximum absolute atomic E-state index is 15.0. The maximum Gasteiger partial charge on any atom is 0.336 e. The molecule has 2 saturated heterocycles. The standard InChI is InChI=1S/C48H49N3O12S/c1-23-16-28-17-30-46(55)51-31-20-59-47(56)48(29-19-32(57-5)33(18-27(29)14-15-49-48)63-34(53)13-12-26-10-8-7-9-11-26)21-64-45(39(51)38(50(30)4)35(28)40(54)41(23)58-6)37-36(31)44-43(60-22-61-44)24(2)42(37)62-25(3)52/h7-13,16,18-19,30-31,38-39,45-46,49,54-55H,14-15,17,20-22H2,1-6H3/t30-,31-,38+,39?,45+,46-,48+/m0/s1. The topological polar surface area (TPSA) is 175 Å². The smallest absolute Gasteiger partial charge is 0.336 e. The Morgan fingerprint density at radius 2 is 1.73 bits per heavy atom. The number of carbonyl (C=O) groups excluding carboxylic acids is 3. The number of piperazine rings is 1. The fraction of sp³-hybridized carbons (Fsp3) is 0.396. The summed E-state index contributed by atoms with van der Waals surface area (Å²) in [6.07, 6.45) is 2.88. The van der Waals surface area contributed by atoms with Gasteiger partial charge in [0.05, 0.1) is 37.6 Å². The number of likely N-dealkylation sites (N-methyl/N-ethyl adjacent to an activating group) is 1. The molecule has 7 aliphatic rings. The molecule has 0 saturated carbocycles. The molecule has 15 nitrogen and oxygen atoms in total. The zero-order valence-corrected chi connectivity index (χ0v) is 37.1. The number of thioether (sulfide) groups is 1. The van der Waals surface area contributed by atoms with Gasteiger partial charge >= 0.3 is 17.9 Å². The number of fused-ring (bicyclic) bond motifs is 9. The van der Waals surface area contributed by atoms with Gasteiger partial charge in [-0.25, -0.2) is 9.59 Å². The lowest BCUT2D eigenvalue weighted by Gasteiger charge is -2.62. The molecule has 16 heteroatoms. The van der Waals surface area contributed by atoms with E-state index in [9.17, 15) is 19.8 Å². The number of aliphatic hydroxyl groups excluding tert-OH is 1. The van der Waals surface area contributed by atoms with Gasteiger partial charge in [0.25, 0.3) is 0 Å². The molecule has 2 fully saturated rings. The van der Waals surface area contributed by atoms with E-state index in [4.69, 9.17) is 33.2 Å². The van der Waals surface area contributed by atoms with E-state index < -0.39 is 59.1 Å². The van der Waals surface area contributed by atoms with Crippen LogP contribution in [0.1, 0.15) is 74.3 Å². The summed E-state index contributed by atoms with van der Waals surface area (Å²) in [7, 11) is 4.96. The number of hydrogen-bond donors (Lipinski definition) is 3. The lowest BCUT2D eigenvalue weighted by Crippen LogP contribution is -2.70. The van der Waals surface area contributed by atoms with E-state index in [0.717, 1.165) is 22.3 Å². The number of esters is 3. The molecule has 0 aromatic heterocycles. The Morgan fingerprint density at radius 1 is 0.953 bits per heavy atom. The van der Waals surface area contributed by atoms with Gasteiger partial charge in [-0.1, -0.05) is 36.4 Å². The molecule has 7 atom stereocenters. The van der Waals surface area contributed by atoms with Crippen molar-refractivity contribution in [1.29, 1.82) is 0 Å². The first kappa shape index (κ1) is 42.2. The molecule has 3 N–H and O–H groups in total. The highest BCUT2D eigenvalue weighted by Crippen LogP contribution is 2.64. The first-order chi connectivity index (χ1) is 30.9. The maximum atomic E-state index is 15.0. The largest absolute Gasteiger partial charge is 0.504 e. The minimum absolute atomic E-state index is 0.0225. The first-order valence-corrected chi connectivity index (χ1v) is 22.3. The zero-order chi connectivity index (χ0) is 44.8. The van der Waals surface area contributed by atoms with E-state index in [2.05, 4.69) is 10.2 Å². The summed E-state index contributed by atoms with van der Waals surface area (Å²) >= 11 is 1.45. The molecule has 7 heterocycles. The Kier molecular flexibility index (Phi) is 10.6. The van der Waals surface area contributed by atoms with E-state index in [1.165, 1.54) is 39.0 Å². The van der Waals surface area contributed by atoms with Crippen LogP contribution in [0.25, 0.3) is 6.08 Å². The van der Waals surface area contributed by atoms with Crippen molar-refractivity contribution in [3.05, 3.63) is 105 Å². The average Bonchev–Trinajstić information content (AvgIpc) is 3.78. The third kappa shape index (κ3) is 6.43. The van der Waals surface area contributed by atoms with Crippen molar-refractivity contribution in [3.8, 4) is 40.2 Å². The molecule has 0 aliphatic carbocycles. The first-order valence-electron chi connectivity index (χ1n) is 21.3. The number of nitrogens with one attached hydrogen (secondary N) is 1. The highest BCUT2D eigenvalue weighted by molar-refractivity contribution is 7.99. The number of benzene rings is 4. The fourth-order valence-electron chi connectivity index (χ4n) is 10.9. The van der Waals surface area contributed by atoms with Gasteiger partial charge < -0.3 is 43.4 Å². The normalized spacial score (nSPS) is 26.6. The van der Waals surface area contributed by atoms with Crippen LogP contribution in [0, 0.1) is 13.8 Å². The number of phenolic OH excluding ortho intramolecular Hbond substituents is 1. The van der Waals surface area contributed by atoms with Gasteiger partial charge in [0.2, 0.25) is 6.79 Å². The summed E-state index contributed by atoms with van der Waals surface area (Å²) < 4.78 is 42.4. The van der Waals surface area contributed by atoms with Crippen LogP contribution in [0.3, 0.4) is 0 Å². The average molecular weight is 892 g/mol. The lowest BCUT2D eigenvalue weighted by molar-refractivity contribution is -0.186. The second-order valence-electron chi connectivity index (χ2n) is 17.1. The molecule has 7 aliphatic heterocycles. The monoisotopic (exact) mass is 891 g/mol. The number of nitrogens with zero attached hydrogens (tertiary/aromatic N) is 2. The van der Waals surface area contributed by atoms with Gasteiger partial charge in [0.1, 0.15) is 18.6 Å². The predicted molar refractivity (Wildman–Crippen MR) is 234 cm³/mol. The summed E-state index contributed by atoms with van der Waals surface area (Å²) in [6.45, 7) is 5.13. The molecule has 1 unspecified atom stereocenters. The number of ether oxygens (including phenoxy) is 7. The number of rotatable bonds is 6. The van der Waals surface area contributed by atoms with Gasteiger partial charge in [-0.3, -0.25) is 19.9 Å². The quantitative estimate of drug-likeness (QED) is 0.129. The summed E-state index contributed by atoms with van der Waals surface area (Å²) in [5.41, 5.74) is 4.94. The number of aliphatic hydroxyl groups is 1. The molecule has 4 aromatic carbocycles. The number of methoxy groups -OCH3 is 2. The van der Waals surface area contributed by atoms with Crippen molar-refractivity contribution >= 4 is 35.7 Å². The molecule has 11 rings (SSSR count). The number of aromatic hydroxyl groups is 1. The van der Waals surface area contributed by atoms with E-state index in [0.29, 0.717) is 70.2 Å². The van der Waals surface area contributed by atoms with Gasteiger partial charge in [-0.05, 0) is 79.8 Å². The summed E-state index contributed by atoms with van der Waals surface area (Å²) in [5, 5.41) is 27.7. The van der Waals surface area contributed by atoms with Crippen LogP contribution in [0.5, 0.6) is 40.2 Å². The molecule has 4 aromatic rings. The molecule has 334 valence electrons. The molecule has 4 bridgehead atoms. The molecule has 1 spiro atoms. The van der Waals surface area contributed by atoms with E-state index >= 15 is 4.79 Å². The van der Waals surface area contributed by atoms with Crippen LogP contribution in [0.2, 0.25) is 0 Å². The minimum atomic E-state index is -1.44. The molecule has 64 heavy (non-hydrogen) atoms. The number of phenols is 1. The SMILES string of the molecule is COc1cc2c(cc1OC(=O)C=Cc1ccccc1)CCN[C@]21CS[C@@H]2c3c(OC(C)=O)c(C)c4c(c3[C@H](COC1=O)N1C2[C@H]2c3c(cc(C)c(OC)c3O)C[C@@H]([C@@H]1O)N2C)OCO4. The van der Waals surface area contributed by atoms with Crippen molar-refractivity contribution in [1.82, 2.24) is 15.1 Å². The van der Waals surface area contributed by atoms with Crippen molar-refractivity contribution in [2.45, 2.75) is 74.8 Å². The van der Waals surface area contributed by atoms with Gasteiger partial charge in [-0.15, -0.1) is 11.8 Å². The highest BCUT2D eigenvalue weighted by atomic mass is 32.2. The highest BCUT2D eigenvalue weighted by Gasteiger charge is 2.61. The number of aryl methyl sites for hydroxylation is 1. The predicted octanol–water partition coefficient (Wildman–Crippen LogP) is 5.33. The van der Waals surface area contributed by atoms with Gasteiger partial charge in [-0.2, -0.15) is 0 Å². The summed E-state index contributed by atoms with van der Waals surface area (Å²) in [6, 6.07) is 12.5. The van der Waals surface area contributed by atoms with Crippen LogP contribution in [0.15, 0.2) is 54.6 Å². The Bertz CT molecular complexity index is 2640. The van der Waals surface area contributed by atoms with Crippen LogP contribution < -0.4 is 33.7 Å². The van der Waals surface area contributed by atoms with Crippen molar-refractivity contribution in [2.75, 3.05) is 47.0 Å². The molecule has 0 amide bonds. The van der Waals surface area contributed by atoms with E-state index in [1.54, 1.807) is 18.2 Å². The number of hydrogen-bond acceptors (Lipinski definition) is 16. The van der Waals surface area contributed by atoms with Crippen LogP contribution in [0.4, 0.5) is 0 Å². The summed E-state index contributed by atoms with van der Waals surface area (Å²) in [4.78, 5) is 45.3. The molecule has 0 radical (unpaired) electrons. The zero-order valence-electron chi connectivity index (χ0n) is 36.3. The Hall–Kier alpha value is -5.78. The third-order valence-electron chi connectivity index (χ3n) is 13.7. The van der Waals surface area contributed by atoms with Crippen molar-refractivity contribution < 1.29 is 57.8 Å². The van der Waals surface area contributed by atoms with Crippen molar-refractivity contribution in [2.24, 2.45) is 0 Å². The fourth-order valence-corrected chi connectivity index (χ4v) is 12.6. The third-order valence-corrected chi connectivity index (χ3v) is 15.1. The van der Waals surface area contributed by atoms with Gasteiger partial charge in [0, 0.05) is 53.6 Å². The summed E-state index contributed by atoms with van der Waals surface area (Å²) in [5.74, 6) is 0.421. The second-order valence-corrected chi connectivity index (χ2v) is 18.2. The van der Waals surface area contributed by atoms with Crippen LogP contribution >= 0.6 is 11.8 Å². The Morgan fingerprint density at radius 3 is 2.48 bits per heavy atom. The van der Waals surface area contributed by atoms with Crippen molar-refractivity contribution in [3.63, 3.8) is 0 Å². The van der Waals surface area contributed by atoms with Crippen LogP contribution in [-0.4, -0.2) is 103 Å². The molecular formula is C48H49N3O12S. The second kappa shape index (κ2) is 16.0. The Labute approximate surface area is 374 Å². The van der Waals surface area contributed by atoms with E-state index in [1.807, 2.05) is 62.2 Å². The Balaban J connectivity index is 1.14. The minimum Gasteiger partial charge on any atom is -0.504 e. The number of carbonyl (C=O) groups is 3. The van der Waals surface area contributed by atoms with Gasteiger partial charge in [0.15, 0.2) is 40.0 Å². The van der Waals surface area contributed by atoms with E-state index in [-0.39, 0.29) is 36.4 Å². The molecular weight excluding hydrogens is 843 g/mol. The lowest BCUT2D eigenvalue weighted by atomic mass is 9.73.